The number of nitrogens with zero attached hydrogens (tertiary/aromatic N) is 1. The quantitative estimate of drug-likeness (QED) is 0.681. The summed E-state index contributed by atoms with van der Waals surface area (Å²) in [7, 11) is 0. The summed E-state index contributed by atoms with van der Waals surface area (Å²) in [4.78, 5) is 7.75. The number of rotatable bonds is 2. The molecule has 0 fully saturated rings. The molecule has 0 saturated heterocycles. The summed E-state index contributed by atoms with van der Waals surface area (Å²) in [5, 5.41) is 0. The van der Waals surface area contributed by atoms with Gasteiger partial charge in [0.05, 0.1) is 11.9 Å². The molecule has 3 aromatic rings. The highest BCUT2D eigenvalue weighted by Gasteiger charge is 2.06. The highest BCUT2D eigenvalue weighted by molar-refractivity contribution is 5.67. The third-order valence-electron chi connectivity index (χ3n) is 3.21. The second kappa shape index (κ2) is 4.61. The Kier molecular flexibility index (Phi) is 2.80. The molecule has 94 valence electrons. The van der Waals surface area contributed by atoms with Crippen LogP contribution in [-0.2, 0) is 0 Å². The average Bonchev–Trinajstić information content (AvgIpc) is 2.93. The molecule has 3 rings (SSSR count). The molecular formula is C16H15N3. The van der Waals surface area contributed by atoms with Crippen LogP contribution in [0.15, 0.2) is 54.7 Å². The molecule has 0 bridgehead atoms. The van der Waals surface area contributed by atoms with Gasteiger partial charge in [0.2, 0.25) is 0 Å². The molecule has 0 aliphatic heterocycles. The summed E-state index contributed by atoms with van der Waals surface area (Å²) in [6.07, 6.45) is 1.85. The van der Waals surface area contributed by atoms with Gasteiger partial charge in [-0.1, -0.05) is 42.5 Å². The first-order valence-electron chi connectivity index (χ1n) is 6.21. The largest absolute Gasteiger partial charge is 0.398 e. The standard InChI is InChI=1S/C16H15N3/c1-11-7-8-13(9-14(11)17)16-18-10-15(19-16)12-5-3-2-4-6-12/h2-10H,17H2,1H3,(H,18,19). The van der Waals surface area contributed by atoms with Crippen LogP contribution in [0.4, 0.5) is 5.69 Å². The zero-order valence-electron chi connectivity index (χ0n) is 10.7. The van der Waals surface area contributed by atoms with Crippen molar-refractivity contribution < 1.29 is 0 Å². The summed E-state index contributed by atoms with van der Waals surface area (Å²) in [5.41, 5.74) is 10.9. The molecule has 0 spiro atoms. The number of anilines is 1. The predicted molar refractivity (Wildman–Crippen MR) is 78.6 cm³/mol. The van der Waals surface area contributed by atoms with Gasteiger partial charge >= 0.3 is 0 Å². The Balaban J connectivity index is 1.99. The van der Waals surface area contributed by atoms with Crippen LogP contribution >= 0.6 is 0 Å². The van der Waals surface area contributed by atoms with Crippen LogP contribution in [0.3, 0.4) is 0 Å². The molecule has 0 aliphatic rings. The van der Waals surface area contributed by atoms with Crippen molar-refractivity contribution in [2.45, 2.75) is 6.92 Å². The van der Waals surface area contributed by atoms with E-state index in [0.29, 0.717) is 0 Å². The molecule has 2 aromatic carbocycles. The molecule has 3 nitrogen and oxygen atoms in total. The fraction of sp³-hybridized carbons (Fsp3) is 0.0625. The van der Waals surface area contributed by atoms with Crippen LogP contribution in [0.1, 0.15) is 5.56 Å². The Morgan fingerprint density at radius 3 is 2.53 bits per heavy atom. The SMILES string of the molecule is Cc1ccc(-c2ncc(-c3ccccc3)[nH]2)cc1N. The normalized spacial score (nSPS) is 10.6. The summed E-state index contributed by atoms with van der Waals surface area (Å²) < 4.78 is 0. The van der Waals surface area contributed by atoms with Crippen LogP contribution < -0.4 is 5.73 Å². The molecule has 0 aliphatic carbocycles. The number of nitrogen functional groups attached to an aromatic ring is 1. The number of aromatic nitrogens is 2. The minimum absolute atomic E-state index is 0.787. The van der Waals surface area contributed by atoms with E-state index in [1.165, 1.54) is 0 Å². The van der Waals surface area contributed by atoms with E-state index in [0.717, 1.165) is 33.9 Å². The average molecular weight is 249 g/mol. The van der Waals surface area contributed by atoms with Crippen molar-refractivity contribution in [3.63, 3.8) is 0 Å². The Morgan fingerprint density at radius 1 is 1.00 bits per heavy atom. The number of hydrogen-bond acceptors (Lipinski definition) is 2. The Hall–Kier alpha value is -2.55. The number of aryl methyl sites for hydroxylation is 1. The maximum absolute atomic E-state index is 5.93. The maximum atomic E-state index is 5.93. The molecule has 0 saturated carbocycles. The van der Waals surface area contributed by atoms with Crippen molar-refractivity contribution in [1.29, 1.82) is 0 Å². The molecule has 0 amide bonds. The maximum Gasteiger partial charge on any atom is 0.137 e. The van der Waals surface area contributed by atoms with Gasteiger partial charge in [0, 0.05) is 11.3 Å². The van der Waals surface area contributed by atoms with Gasteiger partial charge in [0.25, 0.3) is 0 Å². The number of nitrogens with two attached hydrogens (primary N) is 1. The summed E-state index contributed by atoms with van der Waals surface area (Å²) in [6, 6.07) is 16.1. The minimum Gasteiger partial charge on any atom is -0.398 e. The Bertz CT molecular complexity index is 699. The molecule has 19 heavy (non-hydrogen) atoms. The predicted octanol–water partition coefficient (Wildman–Crippen LogP) is 3.63. The molecule has 1 aromatic heterocycles. The topological polar surface area (TPSA) is 54.7 Å². The fourth-order valence-corrected chi connectivity index (χ4v) is 2.02. The van der Waals surface area contributed by atoms with Crippen LogP contribution in [0.5, 0.6) is 0 Å². The van der Waals surface area contributed by atoms with E-state index in [2.05, 4.69) is 22.1 Å². The molecule has 0 unspecified atom stereocenters. The highest BCUT2D eigenvalue weighted by atomic mass is 14.9. The van der Waals surface area contributed by atoms with Crippen molar-refractivity contribution in [3.8, 4) is 22.6 Å². The molecule has 1 heterocycles. The van der Waals surface area contributed by atoms with Gasteiger partial charge in [0.1, 0.15) is 5.82 Å². The van der Waals surface area contributed by atoms with E-state index in [4.69, 9.17) is 5.73 Å². The van der Waals surface area contributed by atoms with Crippen LogP contribution in [-0.4, -0.2) is 9.97 Å². The van der Waals surface area contributed by atoms with Crippen molar-refractivity contribution in [2.75, 3.05) is 5.73 Å². The number of H-pyrrole nitrogens is 1. The highest BCUT2D eigenvalue weighted by Crippen LogP contribution is 2.24. The molecule has 0 atom stereocenters. The summed E-state index contributed by atoms with van der Waals surface area (Å²) in [5.74, 6) is 0.838. The van der Waals surface area contributed by atoms with Crippen LogP contribution in [0.2, 0.25) is 0 Å². The lowest BCUT2D eigenvalue weighted by Crippen LogP contribution is -1.90. The number of benzene rings is 2. The van der Waals surface area contributed by atoms with E-state index >= 15 is 0 Å². The van der Waals surface area contributed by atoms with Gasteiger partial charge < -0.3 is 10.7 Å². The van der Waals surface area contributed by atoms with Gasteiger partial charge in [-0.15, -0.1) is 0 Å². The van der Waals surface area contributed by atoms with Crippen LogP contribution in [0.25, 0.3) is 22.6 Å². The number of aromatic amines is 1. The van der Waals surface area contributed by atoms with E-state index in [1.807, 2.05) is 49.5 Å². The van der Waals surface area contributed by atoms with E-state index in [9.17, 15) is 0 Å². The van der Waals surface area contributed by atoms with Gasteiger partial charge in [-0.3, -0.25) is 0 Å². The minimum atomic E-state index is 0.787. The first-order chi connectivity index (χ1) is 9.24. The van der Waals surface area contributed by atoms with Crippen LogP contribution in [0, 0.1) is 6.92 Å². The first kappa shape index (κ1) is 11.5. The van der Waals surface area contributed by atoms with E-state index < -0.39 is 0 Å². The van der Waals surface area contributed by atoms with Crippen molar-refractivity contribution in [2.24, 2.45) is 0 Å². The Morgan fingerprint density at radius 2 is 1.79 bits per heavy atom. The zero-order valence-corrected chi connectivity index (χ0v) is 10.7. The van der Waals surface area contributed by atoms with Gasteiger partial charge in [-0.25, -0.2) is 4.98 Å². The fourth-order valence-electron chi connectivity index (χ4n) is 2.02. The van der Waals surface area contributed by atoms with Crippen molar-refractivity contribution in [3.05, 3.63) is 60.3 Å². The smallest absolute Gasteiger partial charge is 0.137 e. The van der Waals surface area contributed by atoms with Crippen molar-refractivity contribution >= 4 is 5.69 Å². The second-order valence-corrected chi connectivity index (χ2v) is 4.58. The molecular weight excluding hydrogens is 234 g/mol. The Labute approximate surface area is 112 Å². The van der Waals surface area contributed by atoms with Gasteiger partial charge in [0.15, 0.2) is 0 Å². The third kappa shape index (κ3) is 2.22. The zero-order chi connectivity index (χ0) is 13.2. The molecule has 3 N–H and O–H groups in total. The number of imidazole rings is 1. The summed E-state index contributed by atoms with van der Waals surface area (Å²) in [6.45, 7) is 2.00. The van der Waals surface area contributed by atoms with E-state index in [1.54, 1.807) is 0 Å². The lowest BCUT2D eigenvalue weighted by Gasteiger charge is -2.02. The van der Waals surface area contributed by atoms with Crippen molar-refractivity contribution in [1.82, 2.24) is 9.97 Å². The lowest BCUT2D eigenvalue weighted by molar-refractivity contribution is 1.30. The van der Waals surface area contributed by atoms with Gasteiger partial charge in [-0.05, 0) is 24.1 Å². The second-order valence-electron chi connectivity index (χ2n) is 4.58. The summed E-state index contributed by atoms with van der Waals surface area (Å²) >= 11 is 0. The molecule has 0 radical (unpaired) electrons. The number of nitrogens with one attached hydrogen (secondary N) is 1. The first-order valence-corrected chi connectivity index (χ1v) is 6.21. The lowest BCUT2D eigenvalue weighted by atomic mass is 10.1. The van der Waals surface area contributed by atoms with Gasteiger partial charge in [-0.2, -0.15) is 0 Å². The van der Waals surface area contributed by atoms with E-state index in [-0.39, 0.29) is 0 Å². The molecule has 3 heteroatoms. The monoisotopic (exact) mass is 249 g/mol. The number of hydrogen-bond donors (Lipinski definition) is 2. The third-order valence-corrected chi connectivity index (χ3v) is 3.21.